The minimum Gasteiger partial charge on any atom is -0.491 e. The van der Waals surface area contributed by atoms with E-state index < -0.39 is 6.10 Å². The van der Waals surface area contributed by atoms with Crippen molar-refractivity contribution < 1.29 is 9.84 Å². The molecule has 0 amide bonds. The van der Waals surface area contributed by atoms with Gasteiger partial charge in [0, 0.05) is 43.4 Å². The minimum atomic E-state index is -0.496. The number of nitrogens with zero attached hydrogens (tertiary/aromatic N) is 2. The summed E-state index contributed by atoms with van der Waals surface area (Å²) in [5.74, 6) is 1.32. The van der Waals surface area contributed by atoms with Crippen molar-refractivity contribution in [2.75, 3.05) is 44.2 Å². The van der Waals surface area contributed by atoms with E-state index in [9.17, 15) is 5.11 Å². The van der Waals surface area contributed by atoms with Gasteiger partial charge in [0.25, 0.3) is 0 Å². The van der Waals surface area contributed by atoms with Crippen LogP contribution in [0, 0.1) is 6.92 Å². The minimum absolute atomic E-state index is 0.314. The van der Waals surface area contributed by atoms with Crippen molar-refractivity contribution in [1.82, 2.24) is 4.90 Å². The second kappa shape index (κ2) is 9.64. The molecular weight excluding hydrogens is 372 g/mol. The molecule has 28 heavy (non-hydrogen) atoms. The summed E-state index contributed by atoms with van der Waals surface area (Å²) in [4.78, 5) is 4.67. The van der Waals surface area contributed by atoms with Gasteiger partial charge < -0.3 is 14.7 Å². The predicted molar refractivity (Wildman–Crippen MR) is 117 cm³/mol. The van der Waals surface area contributed by atoms with E-state index in [1.807, 2.05) is 24.3 Å². The number of hydrogen-bond donors (Lipinski definition) is 1. The Morgan fingerprint density at radius 2 is 1.71 bits per heavy atom. The van der Waals surface area contributed by atoms with Crippen LogP contribution in [0.5, 0.6) is 5.75 Å². The topological polar surface area (TPSA) is 35.9 Å². The Morgan fingerprint density at radius 3 is 2.36 bits per heavy atom. The van der Waals surface area contributed by atoms with Gasteiger partial charge in [-0.25, -0.2) is 0 Å². The summed E-state index contributed by atoms with van der Waals surface area (Å²) in [6.07, 6.45) is -0.496. The van der Waals surface area contributed by atoms with E-state index in [-0.39, 0.29) is 0 Å². The van der Waals surface area contributed by atoms with Crippen molar-refractivity contribution in [3.63, 3.8) is 0 Å². The molecule has 2 aromatic rings. The first-order valence-corrected chi connectivity index (χ1v) is 10.4. The van der Waals surface area contributed by atoms with E-state index in [2.05, 4.69) is 48.8 Å². The van der Waals surface area contributed by atoms with E-state index in [0.29, 0.717) is 19.1 Å². The van der Waals surface area contributed by atoms with Crippen LogP contribution in [0.3, 0.4) is 0 Å². The summed E-state index contributed by atoms with van der Waals surface area (Å²) >= 11 is 6.16. The van der Waals surface area contributed by atoms with E-state index in [1.165, 1.54) is 16.8 Å². The maximum atomic E-state index is 10.4. The standard InChI is InChI=1S/C23H31ClN2O2/c1-17(2)19-5-8-22(9-6-19)28-16-21(27)15-25-10-12-26(13-11-25)23-14-20(24)7-4-18(23)3/h4-9,14,17,21,27H,10-13,15-16H2,1-3H3. The molecule has 0 bridgehead atoms. The van der Waals surface area contributed by atoms with Crippen LogP contribution < -0.4 is 9.64 Å². The van der Waals surface area contributed by atoms with Crippen molar-refractivity contribution in [1.29, 1.82) is 0 Å². The zero-order chi connectivity index (χ0) is 20.1. The van der Waals surface area contributed by atoms with Gasteiger partial charge in [0.2, 0.25) is 0 Å². The smallest absolute Gasteiger partial charge is 0.119 e. The third-order valence-electron chi connectivity index (χ3n) is 5.34. The lowest BCUT2D eigenvalue weighted by atomic mass is 10.0. The lowest BCUT2D eigenvalue weighted by Gasteiger charge is -2.37. The van der Waals surface area contributed by atoms with Crippen LogP contribution >= 0.6 is 11.6 Å². The number of rotatable bonds is 7. The molecule has 0 aliphatic carbocycles. The Labute approximate surface area is 173 Å². The van der Waals surface area contributed by atoms with Crippen LogP contribution in [0.25, 0.3) is 0 Å². The van der Waals surface area contributed by atoms with Gasteiger partial charge >= 0.3 is 0 Å². The maximum Gasteiger partial charge on any atom is 0.119 e. The Morgan fingerprint density at radius 1 is 1.04 bits per heavy atom. The summed E-state index contributed by atoms with van der Waals surface area (Å²) in [6, 6.07) is 14.2. The summed E-state index contributed by atoms with van der Waals surface area (Å²) in [5.41, 5.74) is 3.75. The van der Waals surface area contributed by atoms with Crippen molar-refractivity contribution in [3.8, 4) is 5.75 Å². The molecule has 3 rings (SSSR count). The van der Waals surface area contributed by atoms with Crippen LogP contribution in [0.15, 0.2) is 42.5 Å². The molecule has 1 atom stereocenters. The zero-order valence-corrected chi connectivity index (χ0v) is 17.8. The third-order valence-corrected chi connectivity index (χ3v) is 5.58. The normalized spacial score (nSPS) is 16.4. The Kier molecular flexibility index (Phi) is 7.22. The van der Waals surface area contributed by atoms with E-state index in [0.717, 1.165) is 37.0 Å². The van der Waals surface area contributed by atoms with E-state index >= 15 is 0 Å². The molecule has 1 saturated heterocycles. The summed E-state index contributed by atoms with van der Waals surface area (Å²) in [6.45, 7) is 11.1. The number of aliphatic hydroxyl groups excluding tert-OH is 1. The van der Waals surface area contributed by atoms with Gasteiger partial charge in [-0.1, -0.05) is 43.6 Å². The van der Waals surface area contributed by atoms with Crippen molar-refractivity contribution in [3.05, 3.63) is 58.6 Å². The molecule has 1 N–H and O–H groups in total. The number of anilines is 1. The van der Waals surface area contributed by atoms with Gasteiger partial charge in [-0.3, -0.25) is 4.90 Å². The SMILES string of the molecule is Cc1ccc(Cl)cc1N1CCN(CC(O)COc2ccc(C(C)C)cc2)CC1. The summed E-state index contributed by atoms with van der Waals surface area (Å²) in [7, 11) is 0. The second-order valence-corrected chi connectivity index (χ2v) is 8.34. The fourth-order valence-corrected chi connectivity index (χ4v) is 3.75. The van der Waals surface area contributed by atoms with Gasteiger partial charge in [-0.2, -0.15) is 0 Å². The first-order valence-electron chi connectivity index (χ1n) is 10.1. The first kappa shape index (κ1) is 21.0. The Balaban J connectivity index is 1.43. The molecule has 0 aromatic heterocycles. The third kappa shape index (κ3) is 5.63. The highest BCUT2D eigenvalue weighted by atomic mass is 35.5. The zero-order valence-electron chi connectivity index (χ0n) is 17.1. The monoisotopic (exact) mass is 402 g/mol. The number of aliphatic hydroxyl groups is 1. The average molecular weight is 403 g/mol. The number of piperazine rings is 1. The fourth-order valence-electron chi connectivity index (χ4n) is 3.59. The molecule has 2 aromatic carbocycles. The largest absolute Gasteiger partial charge is 0.491 e. The van der Waals surface area contributed by atoms with Crippen LogP contribution in [-0.4, -0.2) is 55.4 Å². The Bertz CT molecular complexity index is 756. The molecule has 5 heteroatoms. The lowest BCUT2D eigenvalue weighted by Crippen LogP contribution is -2.49. The first-order chi connectivity index (χ1) is 13.4. The lowest BCUT2D eigenvalue weighted by molar-refractivity contribution is 0.0663. The molecule has 1 aliphatic heterocycles. The Hall–Kier alpha value is -1.75. The van der Waals surface area contributed by atoms with E-state index in [4.69, 9.17) is 16.3 Å². The van der Waals surface area contributed by atoms with Gasteiger partial charge in [-0.05, 0) is 48.2 Å². The summed E-state index contributed by atoms with van der Waals surface area (Å²) in [5, 5.41) is 11.1. The fraction of sp³-hybridized carbons (Fsp3) is 0.478. The molecular formula is C23H31ClN2O2. The second-order valence-electron chi connectivity index (χ2n) is 7.91. The predicted octanol–water partition coefficient (Wildman–Crippen LogP) is 4.33. The number of halogens is 1. The molecule has 152 valence electrons. The number of β-amino-alcohol motifs (C(OH)–C–C–N with tert-alkyl or cyclic N) is 1. The van der Waals surface area contributed by atoms with Crippen LogP contribution in [0.4, 0.5) is 5.69 Å². The van der Waals surface area contributed by atoms with Gasteiger partial charge in [0.05, 0.1) is 0 Å². The highest BCUT2D eigenvalue weighted by molar-refractivity contribution is 6.30. The van der Waals surface area contributed by atoms with E-state index in [1.54, 1.807) is 0 Å². The molecule has 1 fully saturated rings. The number of aryl methyl sites for hydroxylation is 1. The molecule has 0 spiro atoms. The molecule has 1 unspecified atom stereocenters. The molecule has 1 heterocycles. The molecule has 0 saturated carbocycles. The highest BCUT2D eigenvalue weighted by Crippen LogP contribution is 2.25. The van der Waals surface area contributed by atoms with Crippen LogP contribution in [-0.2, 0) is 0 Å². The number of benzene rings is 2. The van der Waals surface area contributed by atoms with Crippen molar-refractivity contribution >= 4 is 17.3 Å². The highest BCUT2D eigenvalue weighted by Gasteiger charge is 2.21. The molecule has 0 radical (unpaired) electrons. The van der Waals surface area contributed by atoms with Crippen LogP contribution in [0.2, 0.25) is 5.02 Å². The molecule has 4 nitrogen and oxygen atoms in total. The van der Waals surface area contributed by atoms with Crippen molar-refractivity contribution in [2.45, 2.75) is 32.8 Å². The number of ether oxygens (including phenoxy) is 1. The number of hydrogen-bond acceptors (Lipinski definition) is 4. The van der Waals surface area contributed by atoms with Gasteiger partial charge in [0.1, 0.15) is 18.5 Å². The van der Waals surface area contributed by atoms with Gasteiger partial charge in [-0.15, -0.1) is 0 Å². The maximum absolute atomic E-state index is 10.4. The summed E-state index contributed by atoms with van der Waals surface area (Å²) < 4.78 is 5.76. The quantitative estimate of drug-likeness (QED) is 0.747. The van der Waals surface area contributed by atoms with Gasteiger partial charge in [0.15, 0.2) is 0 Å². The van der Waals surface area contributed by atoms with Crippen molar-refractivity contribution in [2.24, 2.45) is 0 Å². The van der Waals surface area contributed by atoms with Crippen LogP contribution in [0.1, 0.15) is 30.9 Å². The molecule has 1 aliphatic rings. The average Bonchev–Trinajstić information content (AvgIpc) is 2.69.